The van der Waals surface area contributed by atoms with E-state index in [1.165, 1.54) is 6.07 Å². The first kappa shape index (κ1) is 28.8. The molecule has 228 valence electrons. The largest absolute Gasteiger partial charge is 0.485 e. The Balaban J connectivity index is 1.12. The lowest BCUT2D eigenvalue weighted by Crippen LogP contribution is -2.31. The Bertz CT molecular complexity index is 1750. The second-order valence-corrected chi connectivity index (χ2v) is 12.0. The van der Waals surface area contributed by atoms with E-state index < -0.39 is 17.9 Å². The standard InChI is InChI=1S/C34H33ClFN3O5/c35-23-8-9-26(27(36)17-23)31-20-43-30-6-3-5-25(33(30)44-31)21-11-13-38(14-12-21)19-32-37-28-10-7-22(34(40)41)16-29(28)39(32)18-24-4-1-2-15-42-24/h3,5-11,16-17,24,31H,1-2,4,12-15,18-20H2,(H,40,41). The van der Waals surface area contributed by atoms with Crippen molar-refractivity contribution in [2.45, 2.75) is 51.0 Å². The second kappa shape index (κ2) is 12.2. The van der Waals surface area contributed by atoms with E-state index in [-0.39, 0.29) is 18.3 Å². The molecule has 3 aromatic carbocycles. The van der Waals surface area contributed by atoms with E-state index in [0.717, 1.165) is 66.8 Å². The Hall–Kier alpha value is -3.92. The number of imidazole rings is 1. The maximum Gasteiger partial charge on any atom is 0.335 e. The number of carbonyl (C=O) groups is 1. The Labute approximate surface area is 259 Å². The molecule has 1 aromatic heterocycles. The van der Waals surface area contributed by atoms with Gasteiger partial charge >= 0.3 is 5.97 Å². The molecule has 2 unspecified atom stereocenters. The van der Waals surface area contributed by atoms with E-state index in [1.54, 1.807) is 30.3 Å². The summed E-state index contributed by atoms with van der Waals surface area (Å²) in [4.78, 5) is 19.0. The van der Waals surface area contributed by atoms with Gasteiger partial charge in [0, 0.05) is 35.8 Å². The fourth-order valence-corrected chi connectivity index (χ4v) is 6.50. The van der Waals surface area contributed by atoms with E-state index in [1.807, 2.05) is 18.2 Å². The van der Waals surface area contributed by atoms with Crippen LogP contribution in [0.2, 0.25) is 5.02 Å². The smallest absolute Gasteiger partial charge is 0.335 e. The van der Waals surface area contributed by atoms with Crippen molar-refractivity contribution in [1.29, 1.82) is 0 Å². The van der Waals surface area contributed by atoms with Crippen molar-refractivity contribution in [3.8, 4) is 11.5 Å². The van der Waals surface area contributed by atoms with Crippen molar-refractivity contribution in [3.63, 3.8) is 0 Å². The Kier molecular flexibility index (Phi) is 8.01. The van der Waals surface area contributed by atoms with Gasteiger partial charge in [-0.25, -0.2) is 14.2 Å². The number of carboxylic acid groups (broad SMARTS) is 1. The highest BCUT2D eigenvalue weighted by atomic mass is 35.5. The first-order chi connectivity index (χ1) is 21.4. The summed E-state index contributed by atoms with van der Waals surface area (Å²) in [6.45, 7) is 3.74. The van der Waals surface area contributed by atoms with Gasteiger partial charge in [-0.15, -0.1) is 0 Å². The molecule has 1 N–H and O–H groups in total. The Morgan fingerprint density at radius 2 is 2.05 bits per heavy atom. The lowest BCUT2D eigenvalue weighted by molar-refractivity contribution is 0.00590. The average Bonchev–Trinajstić information content (AvgIpc) is 3.37. The molecule has 7 rings (SSSR count). The van der Waals surface area contributed by atoms with Gasteiger partial charge in [0.1, 0.15) is 18.2 Å². The third-order valence-corrected chi connectivity index (χ3v) is 8.91. The van der Waals surface area contributed by atoms with Crippen molar-refractivity contribution in [2.75, 3.05) is 26.3 Å². The van der Waals surface area contributed by atoms with Crippen LogP contribution in [0.4, 0.5) is 4.39 Å². The first-order valence-corrected chi connectivity index (χ1v) is 15.4. The molecule has 0 spiro atoms. The molecule has 1 fully saturated rings. The summed E-state index contributed by atoms with van der Waals surface area (Å²) in [6, 6.07) is 15.6. The first-order valence-electron chi connectivity index (χ1n) is 15.1. The van der Waals surface area contributed by atoms with Crippen molar-refractivity contribution >= 4 is 34.2 Å². The predicted octanol–water partition coefficient (Wildman–Crippen LogP) is 6.90. The van der Waals surface area contributed by atoms with Crippen LogP contribution in [-0.2, 0) is 17.8 Å². The highest BCUT2D eigenvalue weighted by Gasteiger charge is 2.29. The number of hydrogen-bond donors (Lipinski definition) is 1. The number of rotatable bonds is 7. The molecule has 1 saturated heterocycles. The summed E-state index contributed by atoms with van der Waals surface area (Å²) in [5, 5.41) is 9.94. The van der Waals surface area contributed by atoms with E-state index in [9.17, 15) is 14.3 Å². The summed E-state index contributed by atoms with van der Waals surface area (Å²) in [6.07, 6.45) is 5.66. The number of aromatic nitrogens is 2. The Morgan fingerprint density at radius 3 is 2.82 bits per heavy atom. The minimum Gasteiger partial charge on any atom is -0.485 e. The van der Waals surface area contributed by atoms with Gasteiger partial charge in [0.15, 0.2) is 17.6 Å². The van der Waals surface area contributed by atoms with E-state index in [4.69, 9.17) is 30.8 Å². The minimum absolute atomic E-state index is 0.0814. The number of ether oxygens (including phenoxy) is 3. The number of aromatic carboxylic acids is 1. The summed E-state index contributed by atoms with van der Waals surface area (Å²) in [5.41, 5.74) is 4.36. The average molecular weight is 618 g/mol. The van der Waals surface area contributed by atoms with Crippen LogP contribution in [0.15, 0.2) is 60.7 Å². The van der Waals surface area contributed by atoms with Gasteiger partial charge in [-0.05, 0) is 67.7 Å². The molecule has 4 aromatic rings. The zero-order valence-corrected chi connectivity index (χ0v) is 24.9. The second-order valence-electron chi connectivity index (χ2n) is 11.6. The van der Waals surface area contributed by atoms with E-state index in [2.05, 4.69) is 15.5 Å². The molecule has 2 atom stereocenters. The molecule has 3 aliphatic rings. The summed E-state index contributed by atoms with van der Waals surface area (Å²) in [7, 11) is 0. The number of para-hydroxylation sites is 1. The maximum atomic E-state index is 14.7. The highest BCUT2D eigenvalue weighted by Crippen LogP contribution is 2.43. The molecular formula is C34H33ClFN3O5. The zero-order valence-electron chi connectivity index (χ0n) is 24.2. The van der Waals surface area contributed by atoms with Crippen molar-refractivity contribution in [2.24, 2.45) is 0 Å². The summed E-state index contributed by atoms with van der Waals surface area (Å²) >= 11 is 5.96. The van der Waals surface area contributed by atoms with Crippen molar-refractivity contribution in [3.05, 3.63) is 94.0 Å². The number of halogens is 2. The number of nitrogens with zero attached hydrogens (tertiary/aromatic N) is 3. The lowest BCUT2D eigenvalue weighted by atomic mass is 9.97. The fraction of sp³-hybridized carbons (Fsp3) is 0.353. The fourth-order valence-electron chi connectivity index (χ4n) is 6.35. The maximum absolute atomic E-state index is 14.7. The molecule has 44 heavy (non-hydrogen) atoms. The van der Waals surface area contributed by atoms with Gasteiger partial charge in [0.2, 0.25) is 0 Å². The number of carboxylic acids is 1. The van der Waals surface area contributed by atoms with Crippen molar-refractivity contribution < 1.29 is 28.5 Å². The molecule has 0 aliphatic carbocycles. The molecule has 8 nitrogen and oxygen atoms in total. The predicted molar refractivity (Wildman–Crippen MR) is 165 cm³/mol. The molecule has 0 bridgehead atoms. The zero-order chi connectivity index (χ0) is 30.2. The third-order valence-electron chi connectivity index (χ3n) is 8.68. The van der Waals surface area contributed by atoms with Gasteiger partial charge in [-0.1, -0.05) is 35.9 Å². The van der Waals surface area contributed by atoms with E-state index in [0.29, 0.717) is 41.7 Å². The molecule has 4 heterocycles. The topological polar surface area (TPSA) is 86.0 Å². The third kappa shape index (κ3) is 5.79. The number of hydrogen-bond acceptors (Lipinski definition) is 6. The molecule has 0 radical (unpaired) electrons. The van der Waals surface area contributed by atoms with Gasteiger partial charge in [0.05, 0.1) is 35.8 Å². The number of benzene rings is 3. The van der Waals surface area contributed by atoms with Gasteiger partial charge in [0.25, 0.3) is 0 Å². The summed E-state index contributed by atoms with van der Waals surface area (Å²) in [5.74, 6) is 0.804. The monoisotopic (exact) mass is 617 g/mol. The number of fused-ring (bicyclic) bond motifs is 2. The minimum atomic E-state index is -0.953. The van der Waals surface area contributed by atoms with Crippen LogP contribution in [0.25, 0.3) is 16.6 Å². The molecule has 0 amide bonds. The SMILES string of the molecule is O=C(O)c1ccc2nc(CN3CC=C(c4cccc5c4OC(c4ccc(Cl)cc4F)CO5)CC3)n(CC3CCCCO3)c2c1. The molecular weight excluding hydrogens is 585 g/mol. The van der Waals surface area contributed by atoms with Crippen LogP contribution in [0.3, 0.4) is 0 Å². The van der Waals surface area contributed by atoms with Crippen LogP contribution in [-0.4, -0.2) is 57.9 Å². The van der Waals surface area contributed by atoms with Gasteiger partial charge < -0.3 is 23.9 Å². The quantitative estimate of drug-likeness (QED) is 0.241. The normalized spacial score (nSPS) is 20.5. The lowest BCUT2D eigenvalue weighted by Gasteiger charge is -2.31. The molecule has 3 aliphatic heterocycles. The van der Waals surface area contributed by atoms with Gasteiger partial charge in [-0.2, -0.15) is 0 Å². The Morgan fingerprint density at radius 1 is 1.14 bits per heavy atom. The summed E-state index contributed by atoms with van der Waals surface area (Å²) < 4.78 is 35.3. The van der Waals surface area contributed by atoms with Gasteiger partial charge in [-0.3, -0.25) is 4.90 Å². The molecule has 0 saturated carbocycles. The molecule has 10 heteroatoms. The van der Waals surface area contributed by atoms with Crippen LogP contribution in [0.5, 0.6) is 11.5 Å². The van der Waals surface area contributed by atoms with Crippen LogP contribution >= 0.6 is 11.6 Å². The highest BCUT2D eigenvalue weighted by molar-refractivity contribution is 6.30. The van der Waals surface area contributed by atoms with E-state index >= 15 is 0 Å². The van der Waals surface area contributed by atoms with Crippen molar-refractivity contribution in [1.82, 2.24) is 14.5 Å². The van der Waals surface area contributed by atoms with Crippen LogP contribution in [0, 0.1) is 5.82 Å². The van der Waals surface area contributed by atoms with Crippen LogP contribution < -0.4 is 9.47 Å². The van der Waals surface area contributed by atoms with Crippen LogP contribution in [0.1, 0.15) is 59.1 Å².